The fourth-order valence-electron chi connectivity index (χ4n) is 2.14. The highest BCUT2D eigenvalue weighted by Crippen LogP contribution is 2.19. The zero-order valence-corrected chi connectivity index (χ0v) is 14.5. The van der Waals surface area contributed by atoms with E-state index in [0.717, 1.165) is 5.56 Å². The second kappa shape index (κ2) is 8.77. The van der Waals surface area contributed by atoms with Crippen molar-refractivity contribution in [2.75, 3.05) is 6.54 Å². The van der Waals surface area contributed by atoms with Crippen molar-refractivity contribution in [2.24, 2.45) is 5.92 Å². The summed E-state index contributed by atoms with van der Waals surface area (Å²) in [6.45, 7) is 5.46. The van der Waals surface area contributed by atoms with Gasteiger partial charge in [0.1, 0.15) is 6.04 Å². The third-order valence-electron chi connectivity index (χ3n) is 3.44. The molecule has 0 aliphatic heterocycles. The largest absolute Gasteiger partial charge is 0.343 e. The number of amides is 2. The van der Waals surface area contributed by atoms with Crippen LogP contribution < -0.4 is 10.6 Å². The molecule has 2 aromatic rings. The molecular formula is C18H22N4O3. The molecule has 1 heterocycles. The topological polar surface area (TPSA) is 97.1 Å². The van der Waals surface area contributed by atoms with E-state index in [1.165, 1.54) is 6.08 Å². The first kappa shape index (κ1) is 18.4. The number of carbonyl (C=O) groups excluding carboxylic acids is 2. The van der Waals surface area contributed by atoms with Gasteiger partial charge in [0.25, 0.3) is 0 Å². The quantitative estimate of drug-likeness (QED) is 0.750. The summed E-state index contributed by atoms with van der Waals surface area (Å²) in [5.74, 6) is 0.271. The van der Waals surface area contributed by atoms with Gasteiger partial charge in [0.2, 0.25) is 17.7 Å². The molecule has 1 aromatic heterocycles. The van der Waals surface area contributed by atoms with Gasteiger partial charge in [-0.05, 0) is 24.5 Å². The number of aryl methyl sites for hydroxylation is 1. The minimum atomic E-state index is -0.398. The maximum atomic E-state index is 12.1. The van der Waals surface area contributed by atoms with Gasteiger partial charge >= 0.3 is 0 Å². The average molecular weight is 342 g/mol. The van der Waals surface area contributed by atoms with Crippen molar-refractivity contribution in [2.45, 2.75) is 26.8 Å². The Bertz CT molecular complexity index is 738. The molecule has 0 bridgehead atoms. The first-order valence-corrected chi connectivity index (χ1v) is 8.06. The lowest BCUT2D eigenvalue weighted by molar-refractivity contribution is -0.124. The molecule has 2 amide bonds. The van der Waals surface area contributed by atoms with Gasteiger partial charge < -0.3 is 15.2 Å². The summed E-state index contributed by atoms with van der Waals surface area (Å²) in [5.41, 5.74) is 0.911. The zero-order chi connectivity index (χ0) is 18.2. The van der Waals surface area contributed by atoms with Crippen molar-refractivity contribution in [3.05, 3.63) is 53.7 Å². The Kier molecular flexibility index (Phi) is 6.45. The number of aromatic nitrogens is 2. The minimum absolute atomic E-state index is 0.0671. The smallest absolute Gasteiger partial charge is 0.249 e. The van der Waals surface area contributed by atoms with Gasteiger partial charge in [-0.2, -0.15) is 4.98 Å². The van der Waals surface area contributed by atoms with Crippen LogP contribution in [0.4, 0.5) is 0 Å². The molecule has 0 radical (unpaired) electrons. The van der Waals surface area contributed by atoms with Crippen molar-refractivity contribution in [1.82, 2.24) is 20.8 Å². The van der Waals surface area contributed by atoms with Crippen LogP contribution in [0.3, 0.4) is 0 Å². The predicted molar refractivity (Wildman–Crippen MR) is 93.2 cm³/mol. The number of carbonyl (C=O) groups is 2. The van der Waals surface area contributed by atoms with Gasteiger partial charge in [0.15, 0.2) is 5.82 Å². The fourth-order valence-corrected chi connectivity index (χ4v) is 2.14. The van der Waals surface area contributed by atoms with Crippen molar-refractivity contribution in [3.63, 3.8) is 0 Å². The zero-order valence-electron chi connectivity index (χ0n) is 14.5. The van der Waals surface area contributed by atoms with E-state index < -0.39 is 6.04 Å². The van der Waals surface area contributed by atoms with Crippen LogP contribution >= 0.6 is 0 Å². The molecule has 0 saturated carbocycles. The second-order valence-corrected chi connectivity index (χ2v) is 5.93. The molecule has 0 aliphatic rings. The monoisotopic (exact) mass is 342 g/mol. The Hall–Kier alpha value is -2.96. The van der Waals surface area contributed by atoms with Crippen LogP contribution in [0, 0.1) is 12.8 Å². The second-order valence-electron chi connectivity index (χ2n) is 5.93. The van der Waals surface area contributed by atoms with Crippen molar-refractivity contribution in [3.8, 4) is 0 Å². The molecule has 0 fully saturated rings. The van der Waals surface area contributed by atoms with E-state index in [-0.39, 0.29) is 24.3 Å². The van der Waals surface area contributed by atoms with Crippen LogP contribution in [0.25, 0.3) is 6.08 Å². The fraction of sp³-hybridized carbons (Fsp3) is 0.333. The molecule has 25 heavy (non-hydrogen) atoms. The lowest BCUT2D eigenvalue weighted by Gasteiger charge is -2.18. The molecule has 0 aliphatic carbocycles. The van der Waals surface area contributed by atoms with E-state index in [1.807, 2.05) is 44.2 Å². The van der Waals surface area contributed by atoms with Crippen LogP contribution in [0.1, 0.15) is 37.2 Å². The number of hydrogen-bond acceptors (Lipinski definition) is 5. The maximum absolute atomic E-state index is 12.1. The van der Waals surface area contributed by atoms with E-state index in [2.05, 4.69) is 20.8 Å². The summed E-state index contributed by atoms with van der Waals surface area (Å²) >= 11 is 0. The summed E-state index contributed by atoms with van der Waals surface area (Å²) in [6, 6.07) is 9.04. The Morgan fingerprint density at radius 2 is 1.96 bits per heavy atom. The van der Waals surface area contributed by atoms with Crippen LogP contribution in [0.15, 0.2) is 40.9 Å². The Morgan fingerprint density at radius 1 is 1.24 bits per heavy atom. The lowest BCUT2D eigenvalue weighted by atomic mass is 10.0. The Balaban J connectivity index is 1.84. The van der Waals surface area contributed by atoms with Gasteiger partial charge in [-0.15, -0.1) is 0 Å². The summed E-state index contributed by atoms with van der Waals surface area (Å²) in [5, 5.41) is 9.09. The van der Waals surface area contributed by atoms with Crippen molar-refractivity contribution < 1.29 is 14.1 Å². The first-order chi connectivity index (χ1) is 12.0. The summed E-state index contributed by atoms with van der Waals surface area (Å²) in [7, 11) is 0. The van der Waals surface area contributed by atoms with Crippen LogP contribution in [-0.4, -0.2) is 28.5 Å². The first-order valence-electron chi connectivity index (χ1n) is 8.06. The highest BCUT2D eigenvalue weighted by Gasteiger charge is 2.23. The maximum Gasteiger partial charge on any atom is 0.249 e. The highest BCUT2D eigenvalue weighted by molar-refractivity contribution is 5.94. The Morgan fingerprint density at radius 3 is 2.56 bits per heavy atom. The molecule has 7 nitrogen and oxygen atoms in total. The van der Waals surface area contributed by atoms with Gasteiger partial charge in [-0.3, -0.25) is 9.59 Å². The molecular weight excluding hydrogens is 320 g/mol. The third-order valence-corrected chi connectivity index (χ3v) is 3.44. The SMILES string of the molecule is Cc1noc([C@@H](NC(=O)CNC(=O)/C=C\c2ccccc2)C(C)C)n1. The molecule has 7 heteroatoms. The standard InChI is InChI=1S/C18H22N4O3/c1-12(2)17(18-20-13(3)22-25-18)21-16(24)11-19-15(23)10-9-14-7-5-4-6-8-14/h4-10,12,17H,11H2,1-3H3,(H,19,23)(H,21,24)/b10-9-/t17-/m0/s1. The van der Waals surface area contributed by atoms with E-state index >= 15 is 0 Å². The number of rotatable bonds is 7. The number of nitrogens with zero attached hydrogens (tertiary/aromatic N) is 2. The van der Waals surface area contributed by atoms with E-state index in [4.69, 9.17) is 4.52 Å². The van der Waals surface area contributed by atoms with Gasteiger partial charge in [-0.25, -0.2) is 0 Å². The number of nitrogens with one attached hydrogen (secondary N) is 2. The van der Waals surface area contributed by atoms with Crippen LogP contribution in [0.5, 0.6) is 0 Å². The van der Waals surface area contributed by atoms with Crippen molar-refractivity contribution >= 4 is 17.9 Å². The molecule has 0 saturated heterocycles. The molecule has 0 unspecified atom stereocenters. The molecule has 2 rings (SSSR count). The normalized spacial score (nSPS) is 12.3. The van der Waals surface area contributed by atoms with Crippen molar-refractivity contribution in [1.29, 1.82) is 0 Å². The summed E-state index contributed by atoms with van der Waals surface area (Å²) in [6.07, 6.45) is 3.08. The summed E-state index contributed by atoms with van der Waals surface area (Å²) in [4.78, 5) is 28.0. The Labute approximate surface area is 146 Å². The van der Waals surface area contributed by atoms with E-state index in [1.54, 1.807) is 13.0 Å². The lowest BCUT2D eigenvalue weighted by Crippen LogP contribution is -2.39. The minimum Gasteiger partial charge on any atom is -0.343 e. The molecule has 1 atom stereocenters. The third kappa shape index (κ3) is 5.87. The van der Waals surface area contributed by atoms with E-state index in [9.17, 15) is 9.59 Å². The number of hydrogen-bond donors (Lipinski definition) is 2. The van der Waals surface area contributed by atoms with Gasteiger partial charge in [-0.1, -0.05) is 49.3 Å². The number of benzene rings is 1. The molecule has 2 N–H and O–H groups in total. The predicted octanol–water partition coefficient (Wildman–Crippen LogP) is 2.02. The summed E-state index contributed by atoms with van der Waals surface area (Å²) < 4.78 is 5.13. The molecule has 0 spiro atoms. The van der Waals surface area contributed by atoms with E-state index in [0.29, 0.717) is 11.7 Å². The molecule has 1 aromatic carbocycles. The van der Waals surface area contributed by atoms with Gasteiger partial charge in [0, 0.05) is 6.08 Å². The van der Waals surface area contributed by atoms with Gasteiger partial charge in [0.05, 0.1) is 6.54 Å². The highest BCUT2D eigenvalue weighted by atomic mass is 16.5. The average Bonchev–Trinajstić information content (AvgIpc) is 3.02. The van der Waals surface area contributed by atoms with Crippen LogP contribution in [-0.2, 0) is 9.59 Å². The molecule has 132 valence electrons. The van der Waals surface area contributed by atoms with Crippen LogP contribution in [0.2, 0.25) is 0 Å².